The van der Waals surface area contributed by atoms with E-state index in [1.54, 1.807) is 25.1 Å². The topological polar surface area (TPSA) is 35.2 Å². The summed E-state index contributed by atoms with van der Waals surface area (Å²) >= 11 is 3.41. The Balaban J connectivity index is 2.35. The summed E-state index contributed by atoms with van der Waals surface area (Å²) in [5, 5.41) is 0. The second kappa shape index (κ2) is 6.17. The normalized spacial score (nSPS) is 10.5. The highest BCUT2D eigenvalue weighted by molar-refractivity contribution is 9.10. The fraction of sp³-hybridized carbons (Fsp3) is 0.200. The number of ether oxygens (including phenoxy) is 1. The van der Waals surface area contributed by atoms with E-state index in [0.29, 0.717) is 24.3 Å². The summed E-state index contributed by atoms with van der Waals surface area (Å²) in [5.74, 6) is 0.544. The zero-order valence-corrected chi connectivity index (χ0v) is 12.2. The van der Waals surface area contributed by atoms with E-state index in [2.05, 4.69) is 15.9 Å². The molecule has 0 atom stereocenters. The number of hydrogen-bond donors (Lipinski definition) is 1. The summed E-state index contributed by atoms with van der Waals surface area (Å²) in [6.45, 7) is 2.23. The van der Waals surface area contributed by atoms with Gasteiger partial charge in [0.15, 0.2) is 11.6 Å². The number of nitrogens with two attached hydrogens (primary N) is 1. The van der Waals surface area contributed by atoms with Crippen LogP contribution in [0.5, 0.6) is 11.5 Å². The average Bonchev–Trinajstić information content (AvgIpc) is 2.38. The molecular weight excluding hydrogens is 309 g/mol. The number of halogens is 2. The largest absolute Gasteiger partial charge is 0.454 e. The molecule has 0 aliphatic rings. The Hall–Kier alpha value is -1.39. The molecule has 0 aromatic heterocycles. The number of rotatable bonds is 4. The lowest BCUT2D eigenvalue weighted by atomic mass is 10.1. The highest BCUT2D eigenvalue weighted by Crippen LogP contribution is 2.30. The smallest absolute Gasteiger partial charge is 0.168 e. The minimum atomic E-state index is -0.330. The van der Waals surface area contributed by atoms with Gasteiger partial charge in [0.25, 0.3) is 0 Å². The predicted molar refractivity (Wildman–Crippen MR) is 78.1 cm³/mol. The van der Waals surface area contributed by atoms with Gasteiger partial charge in [0.2, 0.25) is 0 Å². The minimum Gasteiger partial charge on any atom is -0.454 e. The van der Waals surface area contributed by atoms with E-state index in [4.69, 9.17) is 10.5 Å². The molecule has 2 rings (SSSR count). The second-order valence-electron chi connectivity index (χ2n) is 4.28. The Morgan fingerprint density at radius 2 is 2.00 bits per heavy atom. The van der Waals surface area contributed by atoms with Crippen molar-refractivity contribution in [1.82, 2.24) is 0 Å². The number of hydrogen-bond acceptors (Lipinski definition) is 2. The highest BCUT2D eigenvalue weighted by Gasteiger charge is 2.10. The van der Waals surface area contributed by atoms with Crippen molar-refractivity contribution in [2.45, 2.75) is 13.3 Å². The van der Waals surface area contributed by atoms with E-state index in [0.717, 1.165) is 10.0 Å². The minimum absolute atomic E-state index is 0.237. The van der Waals surface area contributed by atoms with Crippen LogP contribution >= 0.6 is 15.9 Å². The van der Waals surface area contributed by atoms with Gasteiger partial charge in [0.1, 0.15) is 5.75 Å². The zero-order valence-electron chi connectivity index (χ0n) is 10.6. The highest BCUT2D eigenvalue weighted by atomic mass is 79.9. The van der Waals surface area contributed by atoms with Crippen LogP contribution in [0.2, 0.25) is 0 Å². The first kappa shape index (κ1) is 14.0. The van der Waals surface area contributed by atoms with Gasteiger partial charge >= 0.3 is 0 Å². The molecule has 2 nitrogen and oxygen atoms in total. The van der Waals surface area contributed by atoms with Gasteiger partial charge in [-0.15, -0.1) is 0 Å². The molecule has 2 N–H and O–H groups in total. The first-order valence-electron chi connectivity index (χ1n) is 6.03. The van der Waals surface area contributed by atoms with E-state index < -0.39 is 0 Å². The molecule has 0 unspecified atom stereocenters. The van der Waals surface area contributed by atoms with Crippen LogP contribution in [0.3, 0.4) is 0 Å². The van der Waals surface area contributed by atoms with E-state index in [1.807, 2.05) is 18.2 Å². The maximum Gasteiger partial charge on any atom is 0.168 e. The first-order chi connectivity index (χ1) is 9.11. The van der Waals surface area contributed by atoms with Crippen molar-refractivity contribution in [3.63, 3.8) is 0 Å². The number of aryl methyl sites for hydroxylation is 1. The van der Waals surface area contributed by atoms with Crippen LogP contribution in [0, 0.1) is 12.7 Å². The van der Waals surface area contributed by atoms with Crippen molar-refractivity contribution in [2.24, 2.45) is 5.73 Å². The monoisotopic (exact) mass is 323 g/mol. The maximum absolute atomic E-state index is 13.9. The van der Waals surface area contributed by atoms with Crippen molar-refractivity contribution in [2.75, 3.05) is 6.54 Å². The van der Waals surface area contributed by atoms with Gasteiger partial charge in [0.05, 0.1) is 0 Å². The fourth-order valence-corrected chi connectivity index (χ4v) is 2.22. The lowest BCUT2D eigenvalue weighted by Crippen LogP contribution is -2.04. The SMILES string of the molecule is Cc1cccc(Oc2ccc(Br)cc2CCN)c1F. The molecule has 0 spiro atoms. The van der Waals surface area contributed by atoms with Crippen LogP contribution in [0.15, 0.2) is 40.9 Å². The van der Waals surface area contributed by atoms with Crippen LogP contribution < -0.4 is 10.5 Å². The van der Waals surface area contributed by atoms with Crippen molar-refractivity contribution in [1.29, 1.82) is 0 Å². The molecule has 2 aromatic rings. The molecule has 0 saturated carbocycles. The summed E-state index contributed by atoms with van der Waals surface area (Å²) in [6, 6.07) is 10.7. The van der Waals surface area contributed by atoms with Crippen LogP contribution in [-0.2, 0) is 6.42 Å². The summed E-state index contributed by atoms with van der Waals surface area (Å²) in [6.07, 6.45) is 0.683. The van der Waals surface area contributed by atoms with Crippen LogP contribution in [0.25, 0.3) is 0 Å². The van der Waals surface area contributed by atoms with Crippen LogP contribution in [0.4, 0.5) is 4.39 Å². The third-order valence-electron chi connectivity index (χ3n) is 2.81. The molecule has 0 aliphatic heterocycles. The summed E-state index contributed by atoms with van der Waals surface area (Å²) in [4.78, 5) is 0. The zero-order chi connectivity index (χ0) is 13.8. The van der Waals surface area contributed by atoms with Gasteiger partial charge in [0, 0.05) is 4.47 Å². The Morgan fingerprint density at radius 1 is 1.21 bits per heavy atom. The van der Waals surface area contributed by atoms with Gasteiger partial charge < -0.3 is 10.5 Å². The van der Waals surface area contributed by atoms with Gasteiger partial charge in [-0.1, -0.05) is 28.1 Å². The Morgan fingerprint density at radius 3 is 2.74 bits per heavy atom. The molecule has 0 amide bonds. The average molecular weight is 324 g/mol. The van der Waals surface area contributed by atoms with E-state index >= 15 is 0 Å². The molecule has 2 aromatic carbocycles. The molecule has 0 heterocycles. The Kier molecular flexibility index (Phi) is 4.56. The van der Waals surface area contributed by atoms with Crippen molar-refractivity contribution < 1.29 is 9.13 Å². The van der Waals surface area contributed by atoms with Crippen molar-refractivity contribution in [3.05, 3.63) is 57.8 Å². The molecule has 0 aliphatic carbocycles. The third kappa shape index (κ3) is 3.33. The molecule has 100 valence electrons. The molecule has 19 heavy (non-hydrogen) atoms. The van der Waals surface area contributed by atoms with Crippen LogP contribution in [0.1, 0.15) is 11.1 Å². The molecule has 0 fully saturated rings. The molecular formula is C15H15BrFNO. The standard InChI is InChI=1S/C15H15BrFNO/c1-10-3-2-4-14(15(10)17)19-13-6-5-12(16)9-11(13)7-8-18/h2-6,9H,7-8,18H2,1H3. The quantitative estimate of drug-likeness (QED) is 0.915. The summed E-state index contributed by atoms with van der Waals surface area (Å²) in [7, 11) is 0. The fourth-order valence-electron chi connectivity index (χ4n) is 1.82. The van der Waals surface area contributed by atoms with Gasteiger partial charge in [-0.25, -0.2) is 4.39 Å². The van der Waals surface area contributed by atoms with Gasteiger partial charge in [-0.05, 0) is 55.3 Å². The van der Waals surface area contributed by atoms with Crippen LogP contribution in [-0.4, -0.2) is 6.54 Å². The second-order valence-corrected chi connectivity index (χ2v) is 5.20. The Labute approximate surface area is 120 Å². The lowest BCUT2D eigenvalue weighted by molar-refractivity contribution is 0.435. The number of benzene rings is 2. The first-order valence-corrected chi connectivity index (χ1v) is 6.82. The van der Waals surface area contributed by atoms with E-state index in [-0.39, 0.29) is 11.6 Å². The molecule has 0 bridgehead atoms. The predicted octanol–water partition coefficient (Wildman–Crippen LogP) is 4.19. The van der Waals surface area contributed by atoms with E-state index in [9.17, 15) is 4.39 Å². The molecule has 0 saturated heterocycles. The van der Waals surface area contributed by atoms with Gasteiger partial charge in [-0.2, -0.15) is 0 Å². The molecule has 4 heteroatoms. The maximum atomic E-state index is 13.9. The summed E-state index contributed by atoms with van der Waals surface area (Å²) in [5.41, 5.74) is 7.10. The molecule has 0 radical (unpaired) electrons. The Bertz CT molecular complexity index is 586. The summed E-state index contributed by atoms with van der Waals surface area (Å²) < 4.78 is 20.6. The third-order valence-corrected chi connectivity index (χ3v) is 3.31. The lowest BCUT2D eigenvalue weighted by Gasteiger charge is -2.12. The van der Waals surface area contributed by atoms with Crippen molar-refractivity contribution in [3.8, 4) is 11.5 Å². The van der Waals surface area contributed by atoms with Crippen molar-refractivity contribution >= 4 is 15.9 Å². The van der Waals surface area contributed by atoms with E-state index in [1.165, 1.54) is 0 Å². The van der Waals surface area contributed by atoms with Gasteiger partial charge in [-0.3, -0.25) is 0 Å².